The van der Waals surface area contributed by atoms with Crippen LogP contribution < -0.4 is 0 Å². The summed E-state index contributed by atoms with van der Waals surface area (Å²) in [4.78, 5) is 0. The van der Waals surface area contributed by atoms with E-state index in [9.17, 15) is 0 Å². The van der Waals surface area contributed by atoms with Crippen LogP contribution in [0.1, 0.15) is 0 Å². The molecule has 236 valence electrons. The minimum atomic E-state index is 0.833. The summed E-state index contributed by atoms with van der Waals surface area (Å²) in [5, 5.41) is 14.5. The Labute approximate surface area is 295 Å². The Morgan fingerprint density at radius 3 is 1.59 bits per heavy atom. The van der Waals surface area contributed by atoms with Gasteiger partial charge in [0, 0.05) is 47.8 Å². The first kappa shape index (κ1) is 27.4. The van der Waals surface area contributed by atoms with E-state index in [2.05, 4.69) is 158 Å². The molecule has 0 spiro atoms. The van der Waals surface area contributed by atoms with E-state index in [4.69, 9.17) is 8.83 Å². The van der Waals surface area contributed by atoms with Crippen LogP contribution >= 0.6 is 11.3 Å². The van der Waals surface area contributed by atoms with Gasteiger partial charge in [-0.1, -0.05) is 109 Å². The van der Waals surface area contributed by atoms with Gasteiger partial charge in [-0.05, 0) is 97.0 Å². The Hall–Kier alpha value is -6.42. The molecular weight excluding hydrogens is 641 g/mol. The van der Waals surface area contributed by atoms with Crippen molar-refractivity contribution < 1.29 is 8.83 Å². The van der Waals surface area contributed by atoms with E-state index in [-0.39, 0.29) is 0 Å². The average Bonchev–Trinajstić information content (AvgIpc) is 3.86. The van der Waals surface area contributed by atoms with Crippen molar-refractivity contribution in [1.29, 1.82) is 0 Å². The molecule has 3 heteroatoms. The van der Waals surface area contributed by atoms with Gasteiger partial charge in [-0.2, -0.15) is 0 Å². The zero-order valence-corrected chi connectivity index (χ0v) is 28.1. The monoisotopic (exact) mass is 666 g/mol. The van der Waals surface area contributed by atoms with Crippen molar-refractivity contribution in [2.45, 2.75) is 0 Å². The molecular formula is C48H26O2S. The fourth-order valence-electron chi connectivity index (χ4n) is 8.60. The number of hydrogen-bond donors (Lipinski definition) is 0. The smallest absolute Gasteiger partial charge is 0.139 e. The topological polar surface area (TPSA) is 26.3 Å². The van der Waals surface area contributed by atoms with Crippen LogP contribution in [0.2, 0.25) is 0 Å². The van der Waals surface area contributed by atoms with Gasteiger partial charge in [0.15, 0.2) is 0 Å². The van der Waals surface area contributed by atoms with Gasteiger partial charge in [0.2, 0.25) is 0 Å². The van der Waals surface area contributed by atoms with Crippen LogP contribution in [-0.2, 0) is 0 Å². The largest absolute Gasteiger partial charge is 0.456 e. The zero-order chi connectivity index (χ0) is 33.2. The summed E-state index contributed by atoms with van der Waals surface area (Å²) in [6.07, 6.45) is 0. The second-order valence-electron chi connectivity index (χ2n) is 13.6. The molecule has 12 rings (SSSR count). The highest BCUT2D eigenvalue weighted by molar-refractivity contribution is 7.25. The third-order valence-electron chi connectivity index (χ3n) is 10.8. The number of benzene rings is 9. The fourth-order valence-corrected chi connectivity index (χ4v) is 9.69. The highest BCUT2D eigenvalue weighted by Gasteiger charge is 2.20. The first-order valence-electron chi connectivity index (χ1n) is 17.3. The van der Waals surface area contributed by atoms with E-state index in [1.165, 1.54) is 74.7 Å². The number of rotatable bonds is 2. The minimum Gasteiger partial charge on any atom is -0.456 e. The maximum Gasteiger partial charge on any atom is 0.139 e. The molecule has 0 saturated carbocycles. The van der Waals surface area contributed by atoms with E-state index in [1.54, 1.807) is 0 Å². The maximum atomic E-state index is 6.49. The molecule has 0 aliphatic carbocycles. The van der Waals surface area contributed by atoms with Gasteiger partial charge in [-0.3, -0.25) is 0 Å². The van der Waals surface area contributed by atoms with Crippen LogP contribution in [0, 0.1) is 0 Å². The van der Waals surface area contributed by atoms with Gasteiger partial charge in [-0.25, -0.2) is 0 Å². The second kappa shape index (κ2) is 10.1. The second-order valence-corrected chi connectivity index (χ2v) is 14.7. The Morgan fingerprint density at radius 2 is 0.843 bits per heavy atom. The van der Waals surface area contributed by atoms with Crippen LogP contribution in [0.3, 0.4) is 0 Å². The predicted octanol–water partition coefficient (Wildman–Crippen LogP) is 14.6. The lowest BCUT2D eigenvalue weighted by atomic mass is 9.85. The quantitative estimate of drug-likeness (QED) is 0.172. The van der Waals surface area contributed by atoms with Crippen molar-refractivity contribution in [3.63, 3.8) is 0 Å². The molecule has 0 radical (unpaired) electrons. The van der Waals surface area contributed by atoms with Crippen molar-refractivity contribution in [2.75, 3.05) is 0 Å². The Bertz CT molecular complexity index is 3370. The van der Waals surface area contributed by atoms with Crippen molar-refractivity contribution in [3.05, 3.63) is 158 Å². The first-order valence-corrected chi connectivity index (χ1v) is 18.1. The molecule has 0 N–H and O–H groups in total. The van der Waals surface area contributed by atoms with Crippen molar-refractivity contribution >= 4 is 108 Å². The van der Waals surface area contributed by atoms with Crippen LogP contribution in [0.5, 0.6) is 0 Å². The standard InChI is InChI=1S/C48H26O2S/c1-2-10-30-27(9-1)17-21-41-48(30)39-25-37-36-23-28(18-20-40(36)49-42(37)26-43(39)50-41)46-32-12-3-5-14-34(32)47(35-15-6-4-13-33(35)46)29-19-22-45-38(24-29)31-11-7-8-16-44(31)51-45/h1-26H. The lowest BCUT2D eigenvalue weighted by molar-refractivity contribution is 0.656. The van der Waals surface area contributed by atoms with Gasteiger partial charge in [0.1, 0.15) is 22.3 Å². The Kier molecular flexibility index (Phi) is 5.41. The molecule has 0 saturated heterocycles. The summed E-state index contributed by atoms with van der Waals surface area (Å²) in [6.45, 7) is 0. The molecule has 0 bridgehead atoms. The van der Waals surface area contributed by atoms with Crippen LogP contribution in [0.25, 0.3) is 119 Å². The molecule has 2 nitrogen and oxygen atoms in total. The minimum absolute atomic E-state index is 0.833. The zero-order valence-electron chi connectivity index (χ0n) is 27.2. The molecule has 12 aromatic rings. The highest BCUT2D eigenvalue weighted by atomic mass is 32.1. The Morgan fingerprint density at radius 1 is 0.314 bits per heavy atom. The highest BCUT2D eigenvalue weighted by Crippen LogP contribution is 2.47. The molecule has 0 aliphatic rings. The van der Waals surface area contributed by atoms with Gasteiger partial charge in [-0.15, -0.1) is 11.3 Å². The third kappa shape index (κ3) is 3.81. The van der Waals surface area contributed by atoms with E-state index >= 15 is 0 Å². The molecule has 0 amide bonds. The van der Waals surface area contributed by atoms with Crippen LogP contribution in [0.4, 0.5) is 0 Å². The third-order valence-corrected chi connectivity index (χ3v) is 12.0. The lowest BCUT2D eigenvalue weighted by Crippen LogP contribution is -1.90. The van der Waals surface area contributed by atoms with Gasteiger partial charge >= 0.3 is 0 Å². The predicted molar refractivity (Wildman–Crippen MR) is 217 cm³/mol. The number of furan rings is 2. The molecule has 0 atom stereocenters. The summed E-state index contributed by atoms with van der Waals surface area (Å²) >= 11 is 1.86. The number of hydrogen-bond acceptors (Lipinski definition) is 3. The van der Waals surface area contributed by atoms with Gasteiger partial charge in [0.05, 0.1) is 0 Å². The molecule has 3 aromatic heterocycles. The summed E-state index contributed by atoms with van der Waals surface area (Å²) in [6, 6.07) is 57.3. The summed E-state index contributed by atoms with van der Waals surface area (Å²) in [7, 11) is 0. The van der Waals surface area contributed by atoms with E-state index in [1.807, 2.05) is 11.3 Å². The maximum absolute atomic E-state index is 6.49. The van der Waals surface area contributed by atoms with Crippen molar-refractivity contribution in [1.82, 2.24) is 0 Å². The molecule has 3 heterocycles. The fraction of sp³-hybridized carbons (Fsp3) is 0. The Balaban J connectivity index is 1.13. The molecule has 51 heavy (non-hydrogen) atoms. The lowest BCUT2D eigenvalue weighted by Gasteiger charge is -2.18. The van der Waals surface area contributed by atoms with Gasteiger partial charge < -0.3 is 8.83 Å². The average molecular weight is 667 g/mol. The van der Waals surface area contributed by atoms with E-state index in [0.29, 0.717) is 0 Å². The van der Waals surface area contributed by atoms with Gasteiger partial charge in [0.25, 0.3) is 0 Å². The summed E-state index contributed by atoms with van der Waals surface area (Å²) < 4.78 is 15.5. The van der Waals surface area contributed by atoms with Crippen LogP contribution in [-0.4, -0.2) is 0 Å². The summed E-state index contributed by atoms with van der Waals surface area (Å²) in [5.74, 6) is 0. The van der Waals surface area contributed by atoms with Crippen molar-refractivity contribution in [3.8, 4) is 22.3 Å². The van der Waals surface area contributed by atoms with E-state index < -0.39 is 0 Å². The number of fused-ring (bicyclic) bond motifs is 13. The normalized spacial score (nSPS) is 12.3. The molecule has 9 aromatic carbocycles. The van der Waals surface area contributed by atoms with Crippen LogP contribution in [0.15, 0.2) is 167 Å². The molecule has 0 fully saturated rings. The summed E-state index contributed by atoms with van der Waals surface area (Å²) in [5.41, 5.74) is 8.37. The first-order chi connectivity index (χ1) is 25.3. The molecule has 0 aliphatic heterocycles. The van der Waals surface area contributed by atoms with E-state index in [0.717, 1.165) is 43.9 Å². The number of thiophene rings is 1. The SMILES string of the molecule is c1ccc2c(c1)ccc1oc3cc4oc5ccc(-c6c7ccccc7c(-c7ccc8sc9ccccc9c8c7)c7ccccc67)cc5c4cc3c12. The van der Waals surface area contributed by atoms with Crippen molar-refractivity contribution in [2.24, 2.45) is 0 Å². The molecule has 0 unspecified atom stereocenters.